The van der Waals surface area contributed by atoms with Gasteiger partial charge in [-0.1, -0.05) is 22.0 Å². The van der Waals surface area contributed by atoms with Crippen molar-refractivity contribution in [3.05, 3.63) is 43.0 Å². The summed E-state index contributed by atoms with van der Waals surface area (Å²) in [4.78, 5) is 17.9. The van der Waals surface area contributed by atoms with Gasteiger partial charge >= 0.3 is 0 Å². The highest BCUT2D eigenvalue weighted by molar-refractivity contribution is 9.09. The number of carbonyl (C=O) groups excluding carboxylic acids is 1. The molecule has 1 amide bonds. The molecule has 1 unspecified atom stereocenters. The fourth-order valence-corrected chi connectivity index (χ4v) is 2.80. The van der Waals surface area contributed by atoms with E-state index >= 15 is 0 Å². The van der Waals surface area contributed by atoms with Crippen LogP contribution in [0.25, 0.3) is 5.69 Å². The molecule has 2 heterocycles. The Labute approximate surface area is 120 Å². The molecular weight excluding hydrogens is 306 g/mol. The highest BCUT2D eigenvalue weighted by atomic mass is 79.9. The number of hydrogen-bond donors (Lipinski definition) is 0. The van der Waals surface area contributed by atoms with Crippen LogP contribution in [0.4, 0.5) is 5.69 Å². The maximum Gasteiger partial charge on any atom is 0.227 e. The van der Waals surface area contributed by atoms with Crippen molar-refractivity contribution in [1.29, 1.82) is 0 Å². The molecule has 0 aliphatic carbocycles. The molecule has 0 bridgehead atoms. The van der Waals surface area contributed by atoms with Crippen LogP contribution in [-0.4, -0.2) is 27.3 Å². The second-order valence-electron chi connectivity index (χ2n) is 4.72. The summed E-state index contributed by atoms with van der Waals surface area (Å²) in [5.74, 6) is 0.608. The van der Waals surface area contributed by atoms with Gasteiger partial charge in [0.25, 0.3) is 0 Å². The Hall–Kier alpha value is -1.62. The molecule has 0 saturated carbocycles. The van der Waals surface area contributed by atoms with Crippen molar-refractivity contribution in [2.45, 2.75) is 6.42 Å². The van der Waals surface area contributed by atoms with E-state index in [2.05, 4.69) is 20.9 Å². The molecule has 0 radical (unpaired) electrons. The van der Waals surface area contributed by atoms with Gasteiger partial charge < -0.3 is 9.47 Å². The fourth-order valence-electron chi connectivity index (χ4n) is 2.37. The first kappa shape index (κ1) is 12.4. The minimum atomic E-state index is 0.201. The molecule has 19 heavy (non-hydrogen) atoms. The lowest BCUT2D eigenvalue weighted by Crippen LogP contribution is -2.24. The second kappa shape index (κ2) is 5.17. The fraction of sp³-hybridized carbons (Fsp3) is 0.286. The molecule has 1 aliphatic heterocycles. The number of anilines is 1. The topological polar surface area (TPSA) is 38.1 Å². The van der Waals surface area contributed by atoms with Gasteiger partial charge in [-0.25, -0.2) is 4.98 Å². The zero-order valence-corrected chi connectivity index (χ0v) is 12.0. The Morgan fingerprint density at radius 1 is 1.37 bits per heavy atom. The van der Waals surface area contributed by atoms with E-state index in [1.807, 2.05) is 39.9 Å². The monoisotopic (exact) mass is 319 g/mol. The summed E-state index contributed by atoms with van der Waals surface area (Å²) in [5.41, 5.74) is 1.98. The van der Waals surface area contributed by atoms with Crippen LogP contribution in [0, 0.1) is 5.92 Å². The molecule has 1 atom stereocenters. The van der Waals surface area contributed by atoms with Crippen LogP contribution in [0.5, 0.6) is 0 Å². The van der Waals surface area contributed by atoms with Gasteiger partial charge in [-0.05, 0) is 24.1 Å². The van der Waals surface area contributed by atoms with Crippen molar-refractivity contribution in [3.8, 4) is 5.69 Å². The van der Waals surface area contributed by atoms with E-state index in [4.69, 9.17) is 0 Å². The molecule has 2 aromatic rings. The smallest absolute Gasteiger partial charge is 0.227 e. The molecule has 1 fully saturated rings. The first-order valence-corrected chi connectivity index (χ1v) is 7.35. The van der Waals surface area contributed by atoms with Crippen molar-refractivity contribution in [2.75, 3.05) is 16.8 Å². The molecule has 4 nitrogen and oxygen atoms in total. The van der Waals surface area contributed by atoms with Gasteiger partial charge in [0.1, 0.15) is 0 Å². The van der Waals surface area contributed by atoms with E-state index < -0.39 is 0 Å². The summed E-state index contributed by atoms with van der Waals surface area (Å²) < 4.78 is 1.94. The molecule has 1 saturated heterocycles. The number of nitrogens with zero attached hydrogens (tertiary/aromatic N) is 3. The van der Waals surface area contributed by atoms with Crippen molar-refractivity contribution < 1.29 is 4.79 Å². The van der Waals surface area contributed by atoms with Crippen LogP contribution in [0.2, 0.25) is 0 Å². The van der Waals surface area contributed by atoms with Gasteiger partial charge in [0.2, 0.25) is 5.91 Å². The number of hydrogen-bond acceptors (Lipinski definition) is 2. The first-order chi connectivity index (χ1) is 9.28. The number of halogens is 1. The summed E-state index contributed by atoms with van der Waals surface area (Å²) in [6.07, 6.45) is 6.02. The van der Waals surface area contributed by atoms with Crippen LogP contribution < -0.4 is 4.90 Å². The predicted molar refractivity (Wildman–Crippen MR) is 77.8 cm³/mol. The Kier molecular flexibility index (Phi) is 3.38. The summed E-state index contributed by atoms with van der Waals surface area (Å²) in [7, 11) is 0. The second-order valence-corrected chi connectivity index (χ2v) is 5.37. The zero-order chi connectivity index (χ0) is 13.2. The Bertz CT molecular complexity index is 582. The maximum atomic E-state index is 12.0. The van der Waals surface area contributed by atoms with Crippen LogP contribution >= 0.6 is 15.9 Å². The lowest BCUT2D eigenvalue weighted by atomic mass is 10.2. The van der Waals surface area contributed by atoms with E-state index in [1.165, 1.54) is 0 Å². The number of aromatic nitrogens is 2. The van der Waals surface area contributed by atoms with E-state index in [0.717, 1.165) is 23.2 Å². The lowest BCUT2D eigenvalue weighted by molar-refractivity contribution is -0.117. The largest absolute Gasteiger partial charge is 0.312 e. The van der Waals surface area contributed by atoms with E-state index in [0.29, 0.717) is 12.3 Å². The standard InChI is InChI=1S/C14H14BrN3O/c15-8-11-6-14(19)18(9-11)13-3-1-2-12(7-13)17-5-4-16-10-17/h1-5,7,10-11H,6,8-9H2. The number of benzene rings is 1. The third-order valence-corrected chi connectivity index (χ3v) is 4.28. The minimum Gasteiger partial charge on any atom is -0.312 e. The first-order valence-electron chi connectivity index (χ1n) is 6.22. The number of alkyl halides is 1. The molecule has 1 aromatic carbocycles. The van der Waals surface area contributed by atoms with E-state index in [9.17, 15) is 4.79 Å². The average Bonchev–Trinajstić information content (AvgIpc) is 3.08. The van der Waals surface area contributed by atoms with Crippen molar-refractivity contribution in [3.63, 3.8) is 0 Å². The normalized spacial score (nSPS) is 19.1. The summed E-state index contributed by atoms with van der Waals surface area (Å²) in [5, 5.41) is 0.871. The number of amides is 1. The van der Waals surface area contributed by atoms with Gasteiger partial charge in [-0.3, -0.25) is 4.79 Å². The molecular formula is C14H14BrN3O. The van der Waals surface area contributed by atoms with Crippen LogP contribution in [-0.2, 0) is 4.79 Å². The van der Waals surface area contributed by atoms with E-state index in [1.54, 1.807) is 12.5 Å². The van der Waals surface area contributed by atoms with Crippen molar-refractivity contribution >= 4 is 27.5 Å². The summed E-state index contributed by atoms with van der Waals surface area (Å²) in [6, 6.07) is 7.98. The Morgan fingerprint density at radius 2 is 2.21 bits per heavy atom. The molecule has 5 heteroatoms. The van der Waals surface area contributed by atoms with Crippen LogP contribution in [0.15, 0.2) is 43.0 Å². The molecule has 1 aromatic heterocycles. The average molecular weight is 320 g/mol. The highest BCUT2D eigenvalue weighted by Gasteiger charge is 2.29. The van der Waals surface area contributed by atoms with Crippen molar-refractivity contribution in [2.24, 2.45) is 5.92 Å². The van der Waals surface area contributed by atoms with E-state index in [-0.39, 0.29) is 5.91 Å². The summed E-state index contributed by atoms with van der Waals surface area (Å²) in [6.45, 7) is 0.789. The zero-order valence-electron chi connectivity index (χ0n) is 10.4. The third-order valence-electron chi connectivity index (χ3n) is 3.37. The SMILES string of the molecule is O=C1CC(CBr)CN1c1cccc(-n2ccnc2)c1. The Balaban J connectivity index is 1.90. The Morgan fingerprint density at radius 3 is 2.89 bits per heavy atom. The van der Waals surface area contributed by atoms with Gasteiger partial charge in [-0.15, -0.1) is 0 Å². The molecule has 0 spiro atoms. The quantitative estimate of drug-likeness (QED) is 0.816. The minimum absolute atomic E-state index is 0.201. The molecule has 3 rings (SSSR count). The molecule has 1 aliphatic rings. The highest BCUT2D eigenvalue weighted by Crippen LogP contribution is 2.27. The number of carbonyl (C=O) groups is 1. The third kappa shape index (κ3) is 2.42. The van der Waals surface area contributed by atoms with Gasteiger partial charge in [0, 0.05) is 42.1 Å². The van der Waals surface area contributed by atoms with Crippen LogP contribution in [0.1, 0.15) is 6.42 Å². The lowest BCUT2D eigenvalue weighted by Gasteiger charge is -2.17. The predicted octanol–water partition coefficient (Wildman–Crippen LogP) is 2.62. The van der Waals surface area contributed by atoms with Gasteiger partial charge in [-0.2, -0.15) is 0 Å². The van der Waals surface area contributed by atoms with Gasteiger partial charge in [0.05, 0.1) is 6.33 Å². The maximum absolute atomic E-state index is 12.0. The molecule has 98 valence electrons. The molecule has 0 N–H and O–H groups in total. The van der Waals surface area contributed by atoms with Crippen LogP contribution in [0.3, 0.4) is 0 Å². The number of rotatable bonds is 3. The van der Waals surface area contributed by atoms with Gasteiger partial charge in [0.15, 0.2) is 0 Å². The summed E-state index contributed by atoms with van der Waals surface area (Å²) >= 11 is 3.46. The van der Waals surface area contributed by atoms with Crippen molar-refractivity contribution in [1.82, 2.24) is 9.55 Å². The number of imidazole rings is 1.